The van der Waals surface area contributed by atoms with Crippen LogP contribution in [-0.2, 0) is 4.79 Å². The lowest BCUT2D eigenvalue weighted by atomic mass is 10.1. The zero-order valence-corrected chi connectivity index (χ0v) is 11.9. The molecule has 0 N–H and O–H groups in total. The predicted molar refractivity (Wildman–Crippen MR) is 75.2 cm³/mol. The normalized spacial score (nSPS) is 12.6. The zero-order valence-electron chi connectivity index (χ0n) is 11.0. The average molecular weight is 244 g/mol. The quantitative estimate of drug-likeness (QED) is 0.361. The number of rotatable bonds is 12. The summed E-state index contributed by atoms with van der Waals surface area (Å²) in [6.07, 6.45) is 12.8. The van der Waals surface area contributed by atoms with Crippen LogP contribution < -0.4 is 0 Å². The first kappa shape index (κ1) is 16.0. The molecule has 0 rings (SSSR count). The van der Waals surface area contributed by atoms with E-state index in [4.69, 9.17) is 0 Å². The van der Waals surface area contributed by atoms with Crippen LogP contribution in [0.2, 0.25) is 0 Å². The molecule has 0 amide bonds. The van der Waals surface area contributed by atoms with Gasteiger partial charge in [0.2, 0.25) is 0 Å². The maximum atomic E-state index is 10.3. The number of carbonyl (C=O) groups excluding carboxylic acids is 1. The number of hydrogen-bond donors (Lipinski definition) is 0. The average Bonchev–Trinajstić information content (AvgIpc) is 2.27. The van der Waals surface area contributed by atoms with Crippen LogP contribution in [0.1, 0.15) is 71.6 Å². The van der Waals surface area contributed by atoms with Gasteiger partial charge in [0.15, 0.2) is 0 Å². The maximum Gasteiger partial charge on any atom is 0.121 e. The van der Waals surface area contributed by atoms with Crippen molar-refractivity contribution in [3.8, 4) is 0 Å². The first-order valence-electron chi connectivity index (χ1n) is 6.86. The molecule has 0 heterocycles. The first-order chi connectivity index (χ1) is 7.81. The molecule has 2 heteroatoms. The van der Waals surface area contributed by atoms with E-state index < -0.39 is 0 Å². The van der Waals surface area contributed by atoms with Gasteiger partial charge in [0, 0.05) is 11.7 Å². The van der Waals surface area contributed by atoms with Crippen LogP contribution in [0.5, 0.6) is 0 Å². The summed E-state index contributed by atoms with van der Waals surface area (Å²) >= 11 is 1.94. The lowest BCUT2D eigenvalue weighted by Gasteiger charge is -2.06. The maximum absolute atomic E-state index is 10.3. The second kappa shape index (κ2) is 13.1. The van der Waals surface area contributed by atoms with Gasteiger partial charge in [-0.05, 0) is 12.2 Å². The molecule has 16 heavy (non-hydrogen) atoms. The minimum atomic E-state index is 0.516. The van der Waals surface area contributed by atoms with Crippen molar-refractivity contribution in [2.24, 2.45) is 0 Å². The van der Waals surface area contributed by atoms with Crippen LogP contribution >= 0.6 is 11.8 Å². The highest BCUT2D eigenvalue weighted by atomic mass is 32.2. The minimum absolute atomic E-state index is 0.516. The van der Waals surface area contributed by atoms with Crippen LogP contribution in [0.25, 0.3) is 0 Å². The molecule has 0 saturated heterocycles. The molecule has 0 fully saturated rings. The van der Waals surface area contributed by atoms with Gasteiger partial charge >= 0.3 is 0 Å². The van der Waals surface area contributed by atoms with Gasteiger partial charge in [0.1, 0.15) is 6.29 Å². The van der Waals surface area contributed by atoms with Gasteiger partial charge in [-0.15, -0.1) is 0 Å². The summed E-state index contributed by atoms with van der Waals surface area (Å²) in [4.78, 5) is 10.3. The molecule has 1 nitrogen and oxygen atoms in total. The van der Waals surface area contributed by atoms with Crippen molar-refractivity contribution in [2.45, 2.75) is 76.9 Å². The Morgan fingerprint density at radius 2 is 1.56 bits per heavy atom. The molecular weight excluding hydrogens is 216 g/mol. The topological polar surface area (TPSA) is 17.1 Å². The van der Waals surface area contributed by atoms with E-state index in [1.165, 1.54) is 57.1 Å². The molecule has 0 saturated carbocycles. The van der Waals surface area contributed by atoms with Crippen LogP contribution in [0.3, 0.4) is 0 Å². The molecular formula is C14H28OS. The molecule has 0 aliphatic carbocycles. The Kier molecular flexibility index (Phi) is 13.1. The van der Waals surface area contributed by atoms with Crippen LogP contribution in [-0.4, -0.2) is 17.3 Å². The van der Waals surface area contributed by atoms with E-state index in [9.17, 15) is 4.79 Å². The van der Waals surface area contributed by atoms with E-state index in [0.717, 1.165) is 6.29 Å². The van der Waals surface area contributed by atoms with E-state index in [0.29, 0.717) is 11.7 Å². The van der Waals surface area contributed by atoms with Gasteiger partial charge in [0.05, 0.1) is 0 Å². The monoisotopic (exact) mass is 244 g/mol. The van der Waals surface area contributed by atoms with Gasteiger partial charge in [-0.25, -0.2) is 0 Å². The van der Waals surface area contributed by atoms with Crippen LogP contribution in [0, 0.1) is 0 Å². The molecule has 0 aromatic carbocycles. The lowest BCUT2D eigenvalue weighted by Crippen LogP contribution is -1.97. The molecule has 0 spiro atoms. The number of unbranched alkanes of at least 4 members (excludes halogenated alkanes) is 7. The van der Waals surface area contributed by atoms with Crippen molar-refractivity contribution in [3.63, 3.8) is 0 Å². The fraction of sp³-hybridized carbons (Fsp3) is 0.929. The second-order valence-electron chi connectivity index (χ2n) is 4.56. The summed E-state index contributed by atoms with van der Waals surface area (Å²) in [6, 6.07) is 0. The standard InChI is InChI=1S/C14H28OS/c1-3-4-5-6-7-8-9-10-13-16-14(2)11-12-15/h12,14H,3-11,13H2,1-2H3. The Hall–Kier alpha value is 0.0200. The lowest BCUT2D eigenvalue weighted by molar-refractivity contribution is -0.107. The largest absolute Gasteiger partial charge is 0.303 e. The van der Waals surface area contributed by atoms with E-state index in [-0.39, 0.29) is 0 Å². The molecule has 0 bridgehead atoms. The third kappa shape index (κ3) is 12.1. The van der Waals surface area contributed by atoms with Crippen LogP contribution in [0.4, 0.5) is 0 Å². The SMILES string of the molecule is CCCCCCCCCCSC(C)CC=O. The molecule has 0 aromatic heterocycles. The van der Waals surface area contributed by atoms with Gasteiger partial charge in [-0.2, -0.15) is 11.8 Å². The van der Waals surface area contributed by atoms with Gasteiger partial charge in [-0.3, -0.25) is 0 Å². The van der Waals surface area contributed by atoms with Crippen molar-refractivity contribution in [1.29, 1.82) is 0 Å². The third-order valence-corrected chi connectivity index (χ3v) is 4.11. The number of thioether (sulfide) groups is 1. The summed E-state index contributed by atoms with van der Waals surface area (Å²) in [5.74, 6) is 1.23. The highest BCUT2D eigenvalue weighted by Gasteiger charge is 2.00. The second-order valence-corrected chi connectivity index (χ2v) is 6.10. The fourth-order valence-corrected chi connectivity index (χ4v) is 2.71. The Balaban J connectivity index is 3.00. The van der Waals surface area contributed by atoms with Crippen molar-refractivity contribution in [1.82, 2.24) is 0 Å². The van der Waals surface area contributed by atoms with E-state index >= 15 is 0 Å². The Labute approximate surface area is 106 Å². The predicted octanol–water partition coefficient (Wildman–Crippen LogP) is 4.84. The first-order valence-corrected chi connectivity index (χ1v) is 7.91. The Morgan fingerprint density at radius 3 is 2.12 bits per heavy atom. The minimum Gasteiger partial charge on any atom is -0.303 e. The van der Waals surface area contributed by atoms with Gasteiger partial charge in [0.25, 0.3) is 0 Å². The Bertz CT molecular complexity index is 148. The van der Waals surface area contributed by atoms with Crippen molar-refractivity contribution >= 4 is 18.0 Å². The molecule has 0 aliphatic heterocycles. The summed E-state index contributed by atoms with van der Waals surface area (Å²) in [7, 11) is 0. The molecule has 1 atom stereocenters. The van der Waals surface area contributed by atoms with Gasteiger partial charge in [-0.1, -0.05) is 58.8 Å². The molecule has 0 aliphatic rings. The summed E-state index contributed by atoms with van der Waals surface area (Å²) < 4.78 is 0. The fourth-order valence-electron chi connectivity index (χ4n) is 1.72. The summed E-state index contributed by atoms with van der Waals surface area (Å²) in [5, 5.41) is 0.516. The highest BCUT2D eigenvalue weighted by molar-refractivity contribution is 7.99. The Morgan fingerprint density at radius 1 is 1.00 bits per heavy atom. The molecule has 0 aromatic rings. The molecule has 96 valence electrons. The van der Waals surface area contributed by atoms with Crippen LogP contribution in [0.15, 0.2) is 0 Å². The van der Waals surface area contributed by atoms with E-state index in [1.807, 2.05) is 11.8 Å². The van der Waals surface area contributed by atoms with Gasteiger partial charge < -0.3 is 4.79 Å². The number of aldehydes is 1. The van der Waals surface area contributed by atoms with Crippen molar-refractivity contribution in [2.75, 3.05) is 5.75 Å². The number of carbonyl (C=O) groups is 1. The smallest absolute Gasteiger partial charge is 0.121 e. The van der Waals surface area contributed by atoms with Crippen molar-refractivity contribution < 1.29 is 4.79 Å². The molecule has 1 unspecified atom stereocenters. The van der Waals surface area contributed by atoms with E-state index in [2.05, 4.69) is 13.8 Å². The van der Waals surface area contributed by atoms with Crippen molar-refractivity contribution in [3.05, 3.63) is 0 Å². The number of hydrogen-bond acceptors (Lipinski definition) is 2. The molecule has 0 radical (unpaired) electrons. The highest BCUT2D eigenvalue weighted by Crippen LogP contribution is 2.16. The summed E-state index contributed by atoms with van der Waals surface area (Å²) in [5.41, 5.74) is 0. The third-order valence-electron chi connectivity index (χ3n) is 2.83. The van der Waals surface area contributed by atoms with E-state index in [1.54, 1.807) is 0 Å². The summed E-state index contributed by atoms with van der Waals surface area (Å²) in [6.45, 7) is 4.40. The zero-order chi connectivity index (χ0) is 12.1.